The quantitative estimate of drug-likeness (QED) is 0.837. The largest absolute Gasteiger partial charge is 0.460 e. The van der Waals surface area contributed by atoms with E-state index < -0.39 is 5.60 Å². The molecule has 134 valence electrons. The minimum absolute atomic E-state index is 0.407. The van der Waals surface area contributed by atoms with Crippen LogP contribution in [0.3, 0.4) is 0 Å². The van der Waals surface area contributed by atoms with E-state index in [1.807, 2.05) is 36.4 Å². The lowest BCUT2D eigenvalue weighted by molar-refractivity contribution is -0.0613. The maximum atomic E-state index is 11.0. The van der Waals surface area contributed by atoms with E-state index in [0.29, 0.717) is 16.9 Å². The molecule has 3 atom stereocenters. The van der Waals surface area contributed by atoms with Crippen LogP contribution in [0, 0.1) is 11.8 Å². The van der Waals surface area contributed by atoms with Crippen LogP contribution >= 0.6 is 11.6 Å². The Balaban J connectivity index is 1.46. The zero-order valence-electron chi connectivity index (χ0n) is 14.7. The minimum atomic E-state index is -0.469. The van der Waals surface area contributed by atoms with Gasteiger partial charge in [-0.15, -0.1) is 0 Å². The molecule has 1 saturated heterocycles. The first-order valence-corrected chi connectivity index (χ1v) is 9.75. The standard InChI is InChI=1S/C21H26ClNO2/c1-2-21(24)11-5-6-15-12-23(14-18(15)21)13-16-9-10-20(25-16)17-7-3-4-8-19(17)22/h3-4,7-10,15,18,24H,2,5-6,11-14H2,1H3/t15-,18+,21-/m0/s1. The Morgan fingerprint density at radius 1 is 1.24 bits per heavy atom. The SMILES string of the molecule is CC[C@]1(O)CCC[C@H]2CN(Cc3ccc(-c4ccccc4Cl)o3)C[C@H]21. The molecule has 1 aliphatic carbocycles. The Morgan fingerprint density at radius 2 is 2.08 bits per heavy atom. The van der Waals surface area contributed by atoms with E-state index in [9.17, 15) is 5.11 Å². The fourth-order valence-corrected chi connectivity index (χ4v) is 5.00. The first-order valence-electron chi connectivity index (χ1n) is 9.37. The van der Waals surface area contributed by atoms with Gasteiger partial charge in [0, 0.05) is 24.6 Å². The molecule has 4 heteroatoms. The van der Waals surface area contributed by atoms with E-state index in [1.165, 1.54) is 6.42 Å². The third-order valence-electron chi connectivity index (χ3n) is 6.18. The van der Waals surface area contributed by atoms with Crippen molar-refractivity contribution < 1.29 is 9.52 Å². The van der Waals surface area contributed by atoms with Crippen molar-refractivity contribution >= 4 is 11.6 Å². The number of benzene rings is 1. The predicted octanol–water partition coefficient (Wildman–Crippen LogP) is 4.97. The average Bonchev–Trinajstić information content (AvgIpc) is 3.23. The van der Waals surface area contributed by atoms with Crippen molar-refractivity contribution in [2.45, 2.75) is 44.8 Å². The molecule has 0 spiro atoms. The summed E-state index contributed by atoms with van der Waals surface area (Å²) in [4.78, 5) is 2.44. The Hall–Kier alpha value is -1.29. The predicted molar refractivity (Wildman–Crippen MR) is 101 cm³/mol. The van der Waals surface area contributed by atoms with Gasteiger partial charge in [-0.25, -0.2) is 0 Å². The van der Waals surface area contributed by atoms with Gasteiger partial charge in [0.2, 0.25) is 0 Å². The normalized spacial score (nSPS) is 29.7. The first-order chi connectivity index (χ1) is 12.1. The zero-order valence-corrected chi connectivity index (χ0v) is 15.5. The number of rotatable bonds is 4. The fraction of sp³-hybridized carbons (Fsp3) is 0.524. The second-order valence-corrected chi connectivity index (χ2v) is 8.06. The van der Waals surface area contributed by atoms with Crippen molar-refractivity contribution in [2.24, 2.45) is 11.8 Å². The van der Waals surface area contributed by atoms with Gasteiger partial charge in [0.25, 0.3) is 0 Å². The number of furan rings is 1. The van der Waals surface area contributed by atoms with Crippen molar-refractivity contribution in [3.05, 3.63) is 47.2 Å². The number of nitrogens with zero attached hydrogens (tertiary/aromatic N) is 1. The molecule has 25 heavy (non-hydrogen) atoms. The van der Waals surface area contributed by atoms with Gasteiger partial charge in [-0.3, -0.25) is 4.90 Å². The van der Waals surface area contributed by atoms with Gasteiger partial charge < -0.3 is 9.52 Å². The highest BCUT2D eigenvalue weighted by molar-refractivity contribution is 6.33. The molecule has 2 aromatic rings. The molecule has 0 amide bonds. The third-order valence-corrected chi connectivity index (χ3v) is 6.51. The highest BCUT2D eigenvalue weighted by Crippen LogP contribution is 2.44. The van der Waals surface area contributed by atoms with Crippen molar-refractivity contribution in [1.82, 2.24) is 4.90 Å². The van der Waals surface area contributed by atoms with E-state index in [2.05, 4.69) is 11.8 Å². The lowest BCUT2D eigenvalue weighted by atomic mass is 9.69. The second-order valence-electron chi connectivity index (χ2n) is 7.66. The third kappa shape index (κ3) is 3.25. The van der Waals surface area contributed by atoms with Gasteiger partial charge in [0.1, 0.15) is 11.5 Å². The smallest absolute Gasteiger partial charge is 0.135 e. The summed E-state index contributed by atoms with van der Waals surface area (Å²) in [6.45, 7) is 4.96. The van der Waals surface area contributed by atoms with Crippen LogP contribution < -0.4 is 0 Å². The van der Waals surface area contributed by atoms with Crippen LogP contribution in [-0.4, -0.2) is 28.7 Å². The van der Waals surface area contributed by atoms with Gasteiger partial charge >= 0.3 is 0 Å². The monoisotopic (exact) mass is 359 g/mol. The summed E-state index contributed by atoms with van der Waals surface area (Å²) in [6.07, 6.45) is 4.21. The van der Waals surface area contributed by atoms with Crippen LogP contribution in [0.2, 0.25) is 5.02 Å². The minimum Gasteiger partial charge on any atom is -0.460 e. The van der Waals surface area contributed by atoms with Crippen LogP contribution in [0.1, 0.15) is 38.4 Å². The molecule has 1 aromatic carbocycles. The summed E-state index contributed by atoms with van der Waals surface area (Å²) < 4.78 is 6.06. The van der Waals surface area contributed by atoms with E-state index in [4.69, 9.17) is 16.0 Å². The van der Waals surface area contributed by atoms with Crippen molar-refractivity contribution in [1.29, 1.82) is 0 Å². The number of halogens is 1. The summed E-state index contributed by atoms with van der Waals surface area (Å²) >= 11 is 6.27. The summed E-state index contributed by atoms with van der Waals surface area (Å²) in [5, 5.41) is 11.7. The Bertz CT molecular complexity index is 743. The maximum absolute atomic E-state index is 11.0. The molecule has 2 fully saturated rings. The maximum Gasteiger partial charge on any atom is 0.135 e. The van der Waals surface area contributed by atoms with Gasteiger partial charge in [0.05, 0.1) is 17.2 Å². The molecule has 1 saturated carbocycles. The molecule has 2 heterocycles. The van der Waals surface area contributed by atoms with Crippen molar-refractivity contribution in [3.63, 3.8) is 0 Å². The molecule has 3 nitrogen and oxygen atoms in total. The van der Waals surface area contributed by atoms with E-state index in [0.717, 1.165) is 56.0 Å². The number of hydrogen-bond acceptors (Lipinski definition) is 3. The second kappa shape index (κ2) is 6.79. The molecule has 1 aliphatic heterocycles. The molecule has 1 N–H and O–H groups in total. The van der Waals surface area contributed by atoms with Crippen molar-refractivity contribution in [2.75, 3.05) is 13.1 Å². The zero-order chi connectivity index (χ0) is 17.4. The summed E-state index contributed by atoms with van der Waals surface area (Å²) in [5.41, 5.74) is 0.467. The Kier molecular flexibility index (Phi) is 4.65. The Morgan fingerprint density at radius 3 is 2.88 bits per heavy atom. The molecular weight excluding hydrogens is 334 g/mol. The van der Waals surface area contributed by atoms with Crippen LogP contribution in [0.5, 0.6) is 0 Å². The summed E-state index contributed by atoms with van der Waals surface area (Å²) in [6, 6.07) is 11.8. The molecule has 2 aliphatic rings. The van der Waals surface area contributed by atoms with E-state index in [-0.39, 0.29) is 0 Å². The first kappa shape index (κ1) is 17.1. The van der Waals surface area contributed by atoms with E-state index >= 15 is 0 Å². The number of likely N-dealkylation sites (tertiary alicyclic amines) is 1. The number of hydrogen-bond donors (Lipinski definition) is 1. The molecule has 1 aromatic heterocycles. The molecular formula is C21H26ClNO2. The highest BCUT2D eigenvalue weighted by atomic mass is 35.5. The summed E-state index contributed by atoms with van der Waals surface area (Å²) in [7, 11) is 0. The average molecular weight is 360 g/mol. The van der Waals surface area contributed by atoms with Crippen LogP contribution in [0.25, 0.3) is 11.3 Å². The fourth-order valence-electron chi connectivity index (χ4n) is 4.77. The Labute approximate surface area is 154 Å². The van der Waals surface area contributed by atoms with E-state index in [1.54, 1.807) is 0 Å². The van der Waals surface area contributed by atoms with Crippen molar-refractivity contribution in [3.8, 4) is 11.3 Å². The summed E-state index contributed by atoms with van der Waals surface area (Å²) in [5.74, 6) is 2.82. The van der Waals surface area contributed by atoms with Gasteiger partial charge in [-0.1, -0.05) is 37.1 Å². The van der Waals surface area contributed by atoms with Gasteiger partial charge in [-0.2, -0.15) is 0 Å². The molecule has 0 radical (unpaired) electrons. The van der Waals surface area contributed by atoms with Crippen LogP contribution in [0.4, 0.5) is 0 Å². The lowest BCUT2D eigenvalue weighted by Gasteiger charge is -2.40. The van der Waals surface area contributed by atoms with Crippen LogP contribution in [-0.2, 0) is 6.54 Å². The topological polar surface area (TPSA) is 36.6 Å². The lowest BCUT2D eigenvalue weighted by Crippen LogP contribution is -2.44. The highest BCUT2D eigenvalue weighted by Gasteiger charge is 2.47. The number of fused-ring (bicyclic) bond motifs is 1. The molecule has 4 rings (SSSR count). The van der Waals surface area contributed by atoms with Crippen LogP contribution in [0.15, 0.2) is 40.8 Å². The van der Waals surface area contributed by atoms with Gasteiger partial charge in [-0.05, 0) is 49.4 Å². The number of aliphatic hydroxyl groups is 1. The molecule has 0 unspecified atom stereocenters. The van der Waals surface area contributed by atoms with Gasteiger partial charge in [0.15, 0.2) is 0 Å². The molecule has 0 bridgehead atoms.